The molecule has 29 heavy (non-hydrogen) atoms. The molecule has 2 N–H and O–H groups in total. The van der Waals surface area contributed by atoms with Crippen LogP contribution >= 0.6 is 23.6 Å². The first-order valence-electron chi connectivity index (χ1n) is 9.50. The smallest absolute Gasteiger partial charge is 0.226 e. The number of anilines is 1. The fraction of sp³-hybridized carbons (Fsp3) is 0.227. The van der Waals surface area contributed by atoms with Crippen LogP contribution in [-0.4, -0.2) is 27.4 Å². The monoisotopic (exact) mass is 422 g/mol. The molecule has 5 nitrogen and oxygen atoms in total. The van der Waals surface area contributed by atoms with Crippen LogP contribution in [0.15, 0.2) is 66.2 Å². The van der Waals surface area contributed by atoms with Crippen molar-refractivity contribution in [2.75, 3.05) is 11.9 Å². The summed E-state index contributed by atoms with van der Waals surface area (Å²) >= 11 is 7.32. The van der Waals surface area contributed by atoms with Gasteiger partial charge in [-0.25, -0.2) is 0 Å². The molecule has 1 aliphatic heterocycles. The highest BCUT2D eigenvalue weighted by molar-refractivity contribution is 7.80. The minimum absolute atomic E-state index is 0.0177. The van der Waals surface area contributed by atoms with Gasteiger partial charge in [0.15, 0.2) is 5.11 Å². The van der Waals surface area contributed by atoms with Crippen LogP contribution in [0.3, 0.4) is 0 Å². The van der Waals surface area contributed by atoms with E-state index in [9.17, 15) is 4.79 Å². The Balaban J connectivity index is 1.49. The quantitative estimate of drug-likeness (QED) is 0.575. The number of thiocarbonyl (C=S) groups is 1. The predicted octanol–water partition coefficient (Wildman–Crippen LogP) is 4.45. The normalized spacial score (nSPS) is 18.5. The van der Waals surface area contributed by atoms with Crippen LogP contribution in [-0.2, 0) is 4.79 Å². The maximum atomic E-state index is 12.5. The summed E-state index contributed by atoms with van der Waals surface area (Å²) in [5.74, 6) is -0.0235. The van der Waals surface area contributed by atoms with E-state index in [1.54, 1.807) is 17.5 Å². The summed E-state index contributed by atoms with van der Waals surface area (Å²) in [5, 5.41) is 9.10. The molecule has 148 valence electrons. The third kappa shape index (κ3) is 4.46. The van der Waals surface area contributed by atoms with Gasteiger partial charge in [0.1, 0.15) is 0 Å². The number of aryl methyl sites for hydroxylation is 1. The van der Waals surface area contributed by atoms with Crippen molar-refractivity contribution in [3.63, 3.8) is 0 Å². The number of carbonyl (C=O) groups is 1. The van der Waals surface area contributed by atoms with Crippen LogP contribution in [0.25, 0.3) is 0 Å². The molecule has 4 rings (SSSR count). The van der Waals surface area contributed by atoms with Crippen molar-refractivity contribution in [1.82, 2.24) is 15.2 Å². The van der Waals surface area contributed by atoms with Gasteiger partial charge in [0.2, 0.25) is 5.91 Å². The summed E-state index contributed by atoms with van der Waals surface area (Å²) < 4.78 is 0. The first kappa shape index (κ1) is 19.5. The lowest BCUT2D eigenvalue weighted by Crippen LogP contribution is -2.32. The summed E-state index contributed by atoms with van der Waals surface area (Å²) in [6.07, 6.45) is 2.15. The Morgan fingerprint density at radius 1 is 1.24 bits per heavy atom. The zero-order valence-corrected chi connectivity index (χ0v) is 17.7. The number of rotatable bonds is 6. The second kappa shape index (κ2) is 8.71. The van der Waals surface area contributed by atoms with E-state index in [1.165, 1.54) is 4.88 Å². The van der Waals surface area contributed by atoms with Gasteiger partial charge in [0, 0.05) is 29.7 Å². The van der Waals surface area contributed by atoms with Gasteiger partial charge >= 0.3 is 0 Å². The fourth-order valence-electron chi connectivity index (χ4n) is 3.58. The zero-order chi connectivity index (χ0) is 20.2. The predicted molar refractivity (Wildman–Crippen MR) is 121 cm³/mol. The summed E-state index contributed by atoms with van der Waals surface area (Å²) in [6.45, 7) is 2.54. The number of nitrogens with one attached hydrogen (secondary N) is 2. The van der Waals surface area contributed by atoms with Crippen LogP contribution in [0.5, 0.6) is 0 Å². The number of amides is 1. The third-order valence-electron chi connectivity index (χ3n) is 4.91. The van der Waals surface area contributed by atoms with Gasteiger partial charge in [-0.05, 0) is 60.4 Å². The average Bonchev–Trinajstić information content (AvgIpc) is 3.35. The molecule has 0 spiro atoms. The number of benzene rings is 1. The molecule has 7 heteroatoms. The van der Waals surface area contributed by atoms with Crippen LogP contribution in [0.4, 0.5) is 5.69 Å². The molecule has 0 bridgehead atoms. The Kier molecular flexibility index (Phi) is 5.87. The molecule has 1 fully saturated rings. The van der Waals surface area contributed by atoms with Gasteiger partial charge in [-0.2, -0.15) is 0 Å². The number of thiophene rings is 1. The highest BCUT2D eigenvalue weighted by atomic mass is 32.1. The maximum Gasteiger partial charge on any atom is 0.226 e. The Hall–Kier alpha value is -2.77. The van der Waals surface area contributed by atoms with Crippen molar-refractivity contribution < 1.29 is 4.79 Å². The number of hydrogen-bond acceptors (Lipinski definition) is 4. The van der Waals surface area contributed by atoms with Gasteiger partial charge < -0.3 is 15.5 Å². The fourth-order valence-corrected chi connectivity index (χ4v) is 4.79. The van der Waals surface area contributed by atoms with Crippen molar-refractivity contribution >= 4 is 40.3 Å². The Morgan fingerprint density at radius 3 is 2.86 bits per heavy atom. The van der Waals surface area contributed by atoms with Crippen molar-refractivity contribution in [1.29, 1.82) is 0 Å². The van der Waals surface area contributed by atoms with E-state index in [-0.39, 0.29) is 18.0 Å². The van der Waals surface area contributed by atoms with E-state index in [4.69, 9.17) is 12.2 Å². The second-order valence-electron chi connectivity index (χ2n) is 7.00. The number of aromatic nitrogens is 1. The lowest BCUT2D eigenvalue weighted by atomic mass is 10.0. The van der Waals surface area contributed by atoms with Gasteiger partial charge in [-0.15, -0.1) is 11.3 Å². The van der Waals surface area contributed by atoms with Gasteiger partial charge in [-0.1, -0.05) is 24.3 Å². The first-order chi connectivity index (χ1) is 14.1. The number of carbonyl (C=O) groups excluding carboxylic acids is 1. The van der Waals surface area contributed by atoms with E-state index in [0.29, 0.717) is 18.1 Å². The Labute approximate surface area is 179 Å². The number of nitrogens with zero attached hydrogens (tertiary/aromatic N) is 2. The highest BCUT2D eigenvalue weighted by Crippen LogP contribution is 2.40. The van der Waals surface area contributed by atoms with Gasteiger partial charge in [0.25, 0.3) is 0 Å². The molecule has 1 aliphatic rings. The van der Waals surface area contributed by atoms with E-state index >= 15 is 0 Å². The molecule has 0 aliphatic carbocycles. The molecule has 2 aromatic heterocycles. The lowest BCUT2D eigenvalue weighted by Gasteiger charge is -2.26. The Bertz CT molecular complexity index is 991. The summed E-state index contributed by atoms with van der Waals surface area (Å²) in [7, 11) is 0. The molecule has 0 saturated carbocycles. The van der Waals surface area contributed by atoms with Gasteiger partial charge in [0.05, 0.1) is 17.8 Å². The van der Waals surface area contributed by atoms with E-state index in [1.807, 2.05) is 55.5 Å². The molecule has 0 radical (unpaired) electrons. The van der Waals surface area contributed by atoms with Crippen molar-refractivity contribution in [2.24, 2.45) is 0 Å². The zero-order valence-electron chi connectivity index (χ0n) is 16.0. The molecule has 1 aromatic carbocycles. The molecular formula is C22H22N4OS2. The SMILES string of the molecule is Cc1cccc(NC(=O)CCN2C(=S)N[C@H](c3ccccn3)[C@@H]2c2cccs2)c1. The van der Waals surface area contributed by atoms with Crippen LogP contribution in [0.1, 0.15) is 34.6 Å². The third-order valence-corrected chi connectivity index (χ3v) is 6.21. The van der Waals surface area contributed by atoms with Crippen molar-refractivity contribution in [3.8, 4) is 0 Å². The summed E-state index contributed by atoms with van der Waals surface area (Å²) in [6, 6.07) is 17.8. The van der Waals surface area contributed by atoms with Crippen molar-refractivity contribution in [3.05, 3.63) is 82.3 Å². The minimum Gasteiger partial charge on any atom is -0.352 e. The van der Waals surface area contributed by atoms with Gasteiger partial charge in [-0.3, -0.25) is 9.78 Å². The number of hydrogen-bond donors (Lipinski definition) is 2. The molecular weight excluding hydrogens is 400 g/mol. The minimum atomic E-state index is -0.0396. The van der Waals surface area contributed by atoms with Crippen LogP contribution in [0.2, 0.25) is 0 Å². The Morgan fingerprint density at radius 2 is 2.14 bits per heavy atom. The molecule has 3 heterocycles. The van der Waals surface area contributed by atoms with Crippen LogP contribution in [0, 0.1) is 6.92 Å². The summed E-state index contributed by atoms with van der Waals surface area (Å²) in [4.78, 5) is 20.4. The van der Waals surface area contributed by atoms with Crippen LogP contribution < -0.4 is 10.6 Å². The van der Waals surface area contributed by atoms with Crippen molar-refractivity contribution in [2.45, 2.75) is 25.4 Å². The van der Waals surface area contributed by atoms with E-state index < -0.39 is 0 Å². The largest absolute Gasteiger partial charge is 0.352 e. The first-order valence-corrected chi connectivity index (χ1v) is 10.8. The average molecular weight is 423 g/mol. The van der Waals surface area contributed by atoms with E-state index in [0.717, 1.165) is 16.9 Å². The topological polar surface area (TPSA) is 57.3 Å². The molecule has 0 unspecified atom stereocenters. The molecule has 3 aromatic rings. The second-order valence-corrected chi connectivity index (χ2v) is 8.37. The van der Waals surface area contributed by atoms with E-state index in [2.05, 4.69) is 32.0 Å². The standard InChI is InChI=1S/C22H22N4OS2/c1-15-6-4-7-16(14-15)24-19(27)10-12-26-21(18-9-5-13-29-18)20(25-22(26)28)17-8-2-3-11-23-17/h2-9,11,13-14,20-21H,10,12H2,1H3,(H,24,27)(H,25,28)/t20-,21+/m1/s1. The highest BCUT2D eigenvalue weighted by Gasteiger charge is 2.40. The molecule has 1 saturated heterocycles. The maximum absolute atomic E-state index is 12.5. The summed E-state index contributed by atoms with van der Waals surface area (Å²) in [5.41, 5.74) is 2.88. The molecule has 1 amide bonds. The number of pyridine rings is 1. The lowest BCUT2D eigenvalue weighted by molar-refractivity contribution is -0.116. The molecule has 2 atom stereocenters.